The number of fused-ring (bicyclic) bond motifs is 1. The van der Waals surface area contributed by atoms with Crippen LogP contribution in [-0.4, -0.2) is 67.6 Å². The molecule has 0 saturated carbocycles. The van der Waals surface area contributed by atoms with Crippen LogP contribution < -0.4 is 5.56 Å². The van der Waals surface area contributed by atoms with Crippen molar-refractivity contribution in [2.24, 2.45) is 0 Å². The van der Waals surface area contributed by atoms with Crippen molar-refractivity contribution >= 4 is 11.7 Å². The molecule has 29 heavy (non-hydrogen) atoms. The fourth-order valence-electron chi connectivity index (χ4n) is 3.67. The number of aromatic nitrogens is 5. The molecule has 1 aliphatic rings. The number of methoxy groups -OCH3 is 1. The maximum atomic E-state index is 12.3. The average molecular weight is 402 g/mol. The zero-order valence-corrected chi connectivity index (χ0v) is 16.0. The summed E-state index contributed by atoms with van der Waals surface area (Å²) >= 11 is 0. The molecule has 3 aromatic heterocycles. The average Bonchev–Trinajstić information content (AvgIpc) is 3.34. The Bertz CT molecular complexity index is 1060. The van der Waals surface area contributed by atoms with Gasteiger partial charge in [-0.2, -0.15) is 10.1 Å². The lowest BCUT2D eigenvalue weighted by molar-refractivity contribution is 0.131. The highest BCUT2D eigenvalue weighted by atomic mass is 16.5. The van der Waals surface area contributed by atoms with Crippen molar-refractivity contribution in [1.29, 1.82) is 0 Å². The number of hydrogen-bond acceptors (Lipinski definition) is 7. The minimum absolute atomic E-state index is 0.0398. The first-order valence-electron chi connectivity index (χ1n) is 9.47. The molecule has 0 spiro atoms. The molecule has 154 valence electrons. The largest absolute Gasteiger partial charge is 0.465 e. The predicted octanol–water partition coefficient (Wildman–Crippen LogP) is 1.51. The van der Waals surface area contributed by atoms with Crippen molar-refractivity contribution in [3.8, 4) is 11.4 Å². The Morgan fingerprint density at radius 1 is 1.41 bits per heavy atom. The van der Waals surface area contributed by atoms with Gasteiger partial charge in [0.25, 0.3) is 5.56 Å². The third kappa shape index (κ3) is 3.86. The van der Waals surface area contributed by atoms with Crippen LogP contribution in [0.3, 0.4) is 0 Å². The first-order valence-corrected chi connectivity index (χ1v) is 9.47. The van der Waals surface area contributed by atoms with Gasteiger partial charge in [0.15, 0.2) is 0 Å². The summed E-state index contributed by atoms with van der Waals surface area (Å²) in [5.41, 5.74) is 1.58. The molecule has 2 N–H and O–H groups in total. The normalized spacial score (nSPS) is 15.3. The number of rotatable bonds is 6. The number of H-pyrrole nitrogens is 1. The molecule has 0 aliphatic carbocycles. The summed E-state index contributed by atoms with van der Waals surface area (Å²) in [6, 6.07) is 1.53. The quantitative estimate of drug-likeness (QED) is 0.592. The molecule has 1 fully saturated rings. The van der Waals surface area contributed by atoms with Gasteiger partial charge in [-0.15, -0.1) is 0 Å². The molecule has 1 amide bonds. The Morgan fingerprint density at radius 3 is 2.93 bits per heavy atom. The maximum Gasteiger partial charge on any atom is 0.407 e. The number of amides is 1. The molecule has 4 heterocycles. The molecule has 0 unspecified atom stereocenters. The van der Waals surface area contributed by atoms with E-state index in [0.29, 0.717) is 61.9 Å². The molecule has 1 saturated heterocycles. The molecular formula is C18H22N6O5. The number of likely N-dealkylation sites (tertiary alicyclic amines) is 1. The van der Waals surface area contributed by atoms with Gasteiger partial charge in [-0.3, -0.25) is 4.79 Å². The van der Waals surface area contributed by atoms with Gasteiger partial charge in [0.1, 0.15) is 5.65 Å². The third-order valence-corrected chi connectivity index (χ3v) is 5.17. The van der Waals surface area contributed by atoms with Crippen molar-refractivity contribution in [3.05, 3.63) is 34.2 Å². The van der Waals surface area contributed by atoms with Gasteiger partial charge < -0.3 is 24.3 Å². The molecular weight excluding hydrogens is 380 g/mol. The van der Waals surface area contributed by atoms with E-state index in [1.807, 2.05) is 0 Å². The summed E-state index contributed by atoms with van der Waals surface area (Å²) < 4.78 is 12.0. The third-order valence-electron chi connectivity index (χ3n) is 5.17. The second-order valence-electron chi connectivity index (χ2n) is 7.03. The fourth-order valence-corrected chi connectivity index (χ4v) is 3.67. The van der Waals surface area contributed by atoms with Gasteiger partial charge in [-0.25, -0.2) is 9.31 Å². The number of carboxylic acid groups (broad SMARTS) is 1. The second kappa shape index (κ2) is 8.03. The SMILES string of the molecule is COCCCc1nc(-c2cnn3c(C4CCN(C(=O)O)CC4)cc(=O)[nH]c23)no1. The molecule has 1 aliphatic heterocycles. The highest BCUT2D eigenvalue weighted by Crippen LogP contribution is 2.29. The monoisotopic (exact) mass is 402 g/mol. The number of carbonyl (C=O) groups is 1. The first kappa shape index (κ1) is 19.1. The van der Waals surface area contributed by atoms with Crippen LogP contribution in [0.5, 0.6) is 0 Å². The molecule has 11 nitrogen and oxygen atoms in total. The van der Waals surface area contributed by atoms with Gasteiger partial charge in [0.05, 0.1) is 17.5 Å². The van der Waals surface area contributed by atoms with Gasteiger partial charge in [-0.1, -0.05) is 5.16 Å². The Labute approximate surface area is 165 Å². The van der Waals surface area contributed by atoms with Crippen LogP contribution in [0.15, 0.2) is 21.6 Å². The van der Waals surface area contributed by atoms with Crippen LogP contribution in [-0.2, 0) is 11.2 Å². The zero-order valence-electron chi connectivity index (χ0n) is 16.0. The standard InChI is InChI=1S/C18H22N6O5/c1-28-8-2-3-15-21-16(22-29-15)12-10-19-24-13(9-14(25)20-17(12)24)11-4-6-23(7-5-11)18(26)27/h9-11H,2-8H2,1H3,(H,20,25)(H,26,27). The number of hydrogen-bond donors (Lipinski definition) is 2. The van der Waals surface area contributed by atoms with Crippen LogP contribution in [0.2, 0.25) is 0 Å². The van der Waals surface area contributed by atoms with E-state index in [9.17, 15) is 9.59 Å². The van der Waals surface area contributed by atoms with Crippen molar-refractivity contribution < 1.29 is 19.2 Å². The Hall–Kier alpha value is -3.21. The summed E-state index contributed by atoms with van der Waals surface area (Å²) in [5.74, 6) is 0.898. The van der Waals surface area contributed by atoms with E-state index >= 15 is 0 Å². The van der Waals surface area contributed by atoms with Gasteiger partial charge in [0.2, 0.25) is 11.7 Å². The van der Waals surface area contributed by atoms with E-state index in [-0.39, 0.29) is 11.5 Å². The van der Waals surface area contributed by atoms with E-state index in [1.165, 1.54) is 11.0 Å². The van der Waals surface area contributed by atoms with Crippen molar-refractivity contribution in [2.75, 3.05) is 26.8 Å². The van der Waals surface area contributed by atoms with E-state index in [2.05, 4.69) is 20.2 Å². The van der Waals surface area contributed by atoms with E-state index in [1.54, 1.807) is 17.8 Å². The Morgan fingerprint density at radius 2 is 2.21 bits per heavy atom. The minimum Gasteiger partial charge on any atom is -0.465 e. The molecule has 0 atom stereocenters. The summed E-state index contributed by atoms with van der Waals surface area (Å²) in [6.45, 7) is 1.46. The Kier molecular flexibility index (Phi) is 5.30. The molecule has 11 heteroatoms. The zero-order chi connectivity index (χ0) is 20.4. The topological polar surface area (TPSA) is 139 Å². The van der Waals surface area contributed by atoms with E-state index in [4.69, 9.17) is 14.4 Å². The summed E-state index contributed by atoms with van der Waals surface area (Å²) in [7, 11) is 1.64. The Balaban J connectivity index is 1.62. The van der Waals surface area contributed by atoms with Crippen molar-refractivity contribution in [1.82, 2.24) is 29.6 Å². The number of aromatic amines is 1. The second-order valence-corrected chi connectivity index (χ2v) is 7.03. The molecule has 0 aromatic carbocycles. The van der Waals surface area contributed by atoms with Crippen LogP contribution in [0.25, 0.3) is 17.0 Å². The summed E-state index contributed by atoms with van der Waals surface area (Å²) in [5, 5.41) is 17.6. The summed E-state index contributed by atoms with van der Waals surface area (Å²) in [6.07, 6.45) is 3.31. The molecule has 0 radical (unpaired) electrons. The summed E-state index contributed by atoms with van der Waals surface area (Å²) in [4.78, 5) is 32.0. The molecule has 4 rings (SSSR count). The number of nitrogens with one attached hydrogen (secondary N) is 1. The maximum absolute atomic E-state index is 12.3. The van der Waals surface area contributed by atoms with Crippen molar-refractivity contribution in [3.63, 3.8) is 0 Å². The van der Waals surface area contributed by atoms with Crippen LogP contribution >= 0.6 is 0 Å². The van der Waals surface area contributed by atoms with Crippen LogP contribution in [0.4, 0.5) is 4.79 Å². The number of piperidine rings is 1. The van der Waals surface area contributed by atoms with E-state index in [0.717, 1.165) is 12.1 Å². The minimum atomic E-state index is -0.917. The van der Waals surface area contributed by atoms with Crippen LogP contribution in [0, 0.1) is 0 Å². The van der Waals surface area contributed by atoms with Gasteiger partial charge in [0, 0.05) is 45.2 Å². The van der Waals surface area contributed by atoms with Crippen molar-refractivity contribution in [2.45, 2.75) is 31.6 Å². The fraction of sp³-hybridized carbons (Fsp3) is 0.500. The van der Waals surface area contributed by atoms with Crippen LogP contribution in [0.1, 0.15) is 36.8 Å². The van der Waals surface area contributed by atoms with E-state index < -0.39 is 6.09 Å². The highest BCUT2D eigenvalue weighted by Gasteiger charge is 2.26. The number of ether oxygens (including phenoxy) is 1. The van der Waals surface area contributed by atoms with Gasteiger partial charge >= 0.3 is 6.09 Å². The number of aryl methyl sites for hydroxylation is 1. The predicted molar refractivity (Wildman–Crippen MR) is 101 cm³/mol. The lowest BCUT2D eigenvalue weighted by atomic mass is 9.93. The number of nitrogens with zero attached hydrogens (tertiary/aromatic N) is 5. The molecule has 0 bridgehead atoms. The first-order chi connectivity index (χ1) is 14.1. The highest BCUT2D eigenvalue weighted by molar-refractivity contribution is 5.71. The lowest BCUT2D eigenvalue weighted by Crippen LogP contribution is -2.37. The van der Waals surface area contributed by atoms with Gasteiger partial charge in [-0.05, 0) is 19.3 Å². The molecule has 3 aromatic rings. The smallest absolute Gasteiger partial charge is 0.407 e. The lowest BCUT2D eigenvalue weighted by Gasteiger charge is -2.30.